The molecule has 0 saturated heterocycles. The minimum atomic E-state index is -0.247. The van der Waals surface area contributed by atoms with E-state index in [1.54, 1.807) is 11.3 Å². The number of nitrogens with zero attached hydrogens (tertiary/aromatic N) is 3. The molecule has 6 nitrogen and oxygen atoms in total. The molecule has 0 saturated carbocycles. The van der Waals surface area contributed by atoms with Crippen molar-refractivity contribution in [3.8, 4) is 0 Å². The SMILES string of the molecule is CCOC(=O)c1c(NC(=S)N(C)Cc2cn(CC)nc2C)sc2c1CCCCCC2. The second-order valence-corrected chi connectivity index (χ2v) is 9.22. The van der Waals surface area contributed by atoms with Crippen molar-refractivity contribution < 1.29 is 9.53 Å². The van der Waals surface area contributed by atoms with Crippen LogP contribution in [0.4, 0.5) is 5.00 Å². The highest BCUT2D eigenvalue weighted by Crippen LogP contribution is 2.37. The molecule has 8 heteroatoms. The fourth-order valence-electron chi connectivity index (χ4n) is 3.82. The third-order valence-electron chi connectivity index (χ3n) is 5.50. The predicted octanol–water partition coefficient (Wildman–Crippen LogP) is 4.94. The summed E-state index contributed by atoms with van der Waals surface area (Å²) in [7, 11) is 1.96. The van der Waals surface area contributed by atoms with E-state index in [0.29, 0.717) is 23.8 Å². The van der Waals surface area contributed by atoms with Gasteiger partial charge in [-0.05, 0) is 64.2 Å². The number of thiocarbonyl (C=S) groups is 1. The third kappa shape index (κ3) is 5.21. The molecule has 2 heterocycles. The summed E-state index contributed by atoms with van der Waals surface area (Å²) in [6.07, 6.45) is 8.76. The third-order valence-corrected chi connectivity index (χ3v) is 7.12. The first kappa shape index (κ1) is 22.7. The zero-order valence-electron chi connectivity index (χ0n) is 18.4. The molecule has 0 radical (unpaired) electrons. The van der Waals surface area contributed by atoms with Crippen molar-refractivity contribution in [3.05, 3.63) is 33.5 Å². The van der Waals surface area contributed by atoms with Crippen LogP contribution in [-0.2, 0) is 30.7 Å². The van der Waals surface area contributed by atoms with Crippen molar-refractivity contribution in [2.45, 2.75) is 72.4 Å². The molecular weight excluding hydrogens is 416 g/mol. The zero-order chi connectivity index (χ0) is 21.7. The molecule has 30 heavy (non-hydrogen) atoms. The number of carbonyl (C=O) groups is 1. The molecule has 1 aliphatic rings. The number of anilines is 1. The molecule has 1 N–H and O–H groups in total. The Balaban J connectivity index is 1.81. The molecule has 0 aromatic carbocycles. The number of ether oxygens (including phenoxy) is 1. The quantitative estimate of drug-likeness (QED) is 0.499. The van der Waals surface area contributed by atoms with E-state index in [2.05, 4.69) is 23.5 Å². The van der Waals surface area contributed by atoms with Crippen molar-refractivity contribution in [1.29, 1.82) is 0 Å². The van der Waals surface area contributed by atoms with E-state index < -0.39 is 0 Å². The molecule has 0 bridgehead atoms. The molecule has 0 aliphatic heterocycles. The number of hydrogen-bond acceptors (Lipinski definition) is 5. The van der Waals surface area contributed by atoms with E-state index in [1.165, 1.54) is 24.1 Å². The molecule has 0 fully saturated rings. The summed E-state index contributed by atoms with van der Waals surface area (Å²) in [6.45, 7) is 7.82. The highest BCUT2D eigenvalue weighted by Gasteiger charge is 2.26. The largest absolute Gasteiger partial charge is 0.462 e. The lowest BCUT2D eigenvalue weighted by atomic mass is 9.96. The summed E-state index contributed by atoms with van der Waals surface area (Å²) in [5.74, 6) is -0.247. The minimum Gasteiger partial charge on any atom is -0.462 e. The van der Waals surface area contributed by atoms with Gasteiger partial charge < -0.3 is 15.0 Å². The van der Waals surface area contributed by atoms with Crippen molar-refractivity contribution >= 4 is 39.6 Å². The van der Waals surface area contributed by atoms with Gasteiger partial charge in [0.05, 0.1) is 17.9 Å². The van der Waals surface area contributed by atoms with Crippen molar-refractivity contribution in [2.75, 3.05) is 19.0 Å². The van der Waals surface area contributed by atoms with Gasteiger partial charge in [-0.2, -0.15) is 5.10 Å². The van der Waals surface area contributed by atoms with Crippen LogP contribution in [0.1, 0.15) is 71.6 Å². The summed E-state index contributed by atoms with van der Waals surface area (Å²) >= 11 is 7.34. The van der Waals surface area contributed by atoms with Crippen LogP contribution in [0, 0.1) is 6.92 Å². The fourth-order valence-corrected chi connectivity index (χ4v) is 5.33. The first-order valence-corrected chi connectivity index (χ1v) is 12.0. The highest BCUT2D eigenvalue weighted by molar-refractivity contribution is 7.80. The summed E-state index contributed by atoms with van der Waals surface area (Å²) in [4.78, 5) is 16.1. The van der Waals surface area contributed by atoms with Crippen molar-refractivity contribution in [2.24, 2.45) is 0 Å². The molecule has 164 valence electrons. The number of fused-ring (bicyclic) bond motifs is 1. The number of aromatic nitrogens is 2. The standard InChI is InChI=1S/C22H32N4O2S2/c1-5-26-14-16(15(3)24-26)13-25(4)22(29)23-20-19(21(27)28-6-2)17-11-9-7-8-10-12-18(17)30-20/h14H,5-13H2,1-4H3,(H,23,29). The van der Waals surface area contributed by atoms with Crippen LogP contribution in [-0.4, -0.2) is 39.4 Å². The molecule has 2 aromatic heterocycles. The first-order valence-electron chi connectivity index (χ1n) is 10.8. The topological polar surface area (TPSA) is 59.4 Å². The Bertz CT molecular complexity index is 903. The Kier molecular flexibility index (Phi) is 7.88. The molecule has 0 spiro atoms. The average molecular weight is 449 g/mol. The second-order valence-electron chi connectivity index (χ2n) is 7.72. The van der Waals surface area contributed by atoms with Gasteiger partial charge in [-0.1, -0.05) is 12.8 Å². The Labute approximate surface area is 188 Å². The van der Waals surface area contributed by atoms with Crippen LogP contribution >= 0.6 is 23.6 Å². The van der Waals surface area contributed by atoms with Gasteiger partial charge in [-0.15, -0.1) is 11.3 Å². The maximum Gasteiger partial charge on any atom is 0.341 e. The number of esters is 1. The summed E-state index contributed by atoms with van der Waals surface area (Å²) in [5, 5.41) is 9.28. The molecular formula is C22H32N4O2S2. The maximum atomic E-state index is 12.8. The van der Waals surface area contributed by atoms with E-state index in [-0.39, 0.29) is 5.97 Å². The zero-order valence-corrected chi connectivity index (χ0v) is 20.0. The first-order chi connectivity index (χ1) is 14.4. The smallest absolute Gasteiger partial charge is 0.341 e. The Morgan fingerprint density at radius 3 is 2.70 bits per heavy atom. The van der Waals surface area contributed by atoms with Crippen molar-refractivity contribution in [1.82, 2.24) is 14.7 Å². The predicted molar refractivity (Wildman–Crippen MR) is 126 cm³/mol. The van der Waals surface area contributed by atoms with Gasteiger partial charge in [0.2, 0.25) is 0 Å². The Morgan fingerprint density at radius 1 is 1.30 bits per heavy atom. The van der Waals surface area contributed by atoms with Crippen LogP contribution in [0.15, 0.2) is 6.20 Å². The highest BCUT2D eigenvalue weighted by atomic mass is 32.1. The lowest BCUT2D eigenvalue weighted by Gasteiger charge is -2.20. The van der Waals surface area contributed by atoms with Gasteiger partial charge in [-0.3, -0.25) is 4.68 Å². The number of hydrogen-bond donors (Lipinski definition) is 1. The van der Waals surface area contributed by atoms with E-state index in [0.717, 1.165) is 47.6 Å². The van der Waals surface area contributed by atoms with Crippen molar-refractivity contribution in [3.63, 3.8) is 0 Å². The van der Waals surface area contributed by atoms with Crippen LogP contribution in [0.25, 0.3) is 0 Å². The fraction of sp³-hybridized carbons (Fsp3) is 0.591. The second kappa shape index (κ2) is 10.4. The lowest BCUT2D eigenvalue weighted by Crippen LogP contribution is -2.31. The maximum absolute atomic E-state index is 12.8. The average Bonchev–Trinajstić information content (AvgIpc) is 3.21. The monoisotopic (exact) mass is 448 g/mol. The minimum absolute atomic E-state index is 0.247. The van der Waals surface area contributed by atoms with Crippen LogP contribution < -0.4 is 5.32 Å². The van der Waals surface area contributed by atoms with E-state index in [4.69, 9.17) is 17.0 Å². The normalized spacial score (nSPS) is 13.9. The van der Waals surface area contributed by atoms with E-state index >= 15 is 0 Å². The van der Waals surface area contributed by atoms with Crippen LogP contribution in [0.2, 0.25) is 0 Å². The summed E-state index contributed by atoms with van der Waals surface area (Å²) < 4.78 is 7.33. The summed E-state index contributed by atoms with van der Waals surface area (Å²) in [5.41, 5.74) is 4.00. The number of carbonyl (C=O) groups excluding carboxylic acids is 1. The van der Waals surface area contributed by atoms with E-state index in [9.17, 15) is 4.79 Å². The van der Waals surface area contributed by atoms with Gasteiger partial charge in [-0.25, -0.2) is 4.79 Å². The van der Waals surface area contributed by atoms with Gasteiger partial charge in [0, 0.05) is 36.8 Å². The van der Waals surface area contributed by atoms with Crippen LogP contribution in [0.3, 0.4) is 0 Å². The lowest BCUT2D eigenvalue weighted by molar-refractivity contribution is 0.0526. The van der Waals surface area contributed by atoms with Gasteiger partial charge >= 0.3 is 5.97 Å². The van der Waals surface area contributed by atoms with Crippen LogP contribution in [0.5, 0.6) is 0 Å². The molecule has 2 aromatic rings. The number of rotatable bonds is 6. The molecule has 1 aliphatic carbocycles. The molecule has 0 unspecified atom stereocenters. The van der Waals surface area contributed by atoms with Gasteiger partial charge in [0.1, 0.15) is 5.00 Å². The number of aryl methyl sites for hydroxylation is 3. The summed E-state index contributed by atoms with van der Waals surface area (Å²) in [6, 6.07) is 0. The number of thiophene rings is 1. The Hall–Kier alpha value is -1.93. The molecule has 0 amide bonds. The molecule has 0 atom stereocenters. The van der Waals surface area contributed by atoms with Gasteiger partial charge in [0.25, 0.3) is 0 Å². The van der Waals surface area contributed by atoms with Gasteiger partial charge in [0.15, 0.2) is 5.11 Å². The van der Waals surface area contributed by atoms with E-state index in [1.807, 2.05) is 30.5 Å². The number of nitrogens with one attached hydrogen (secondary N) is 1. The molecule has 3 rings (SSSR count). The Morgan fingerprint density at radius 2 is 2.03 bits per heavy atom.